The lowest BCUT2D eigenvalue weighted by molar-refractivity contribution is 0.0778. The molecule has 0 bridgehead atoms. The molecule has 2 aromatic carbocycles. The SMILES string of the molecule is CC(C)Cn1nc(C(=O)N(C)Cc2ccc(C#N)cc2)c2ccccc2c1=O. The first-order chi connectivity index (χ1) is 13.4. The van der Waals surface area contributed by atoms with E-state index in [1.807, 2.05) is 26.0 Å². The molecule has 6 nitrogen and oxygen atoms in total. The van der Waals surface area contributed by atoms with Gasteiger partial charge in [-0.2, -0.15) is 10.4 Å². The van der Waals surface area contributed by atoms with Crippen molar-refractivity contribution < 1.29 is 4.79 Å². The Balaban J connectivity index is 1.98. The number of hydrogen-bond acceptors (Lipinski definition) is 4. The van der Waals surface area contributed by atoms with Crippen LogP contribution in [0.1, 0.15) is 35.5 Å². The fourth-order valence-corrected chi connectivity index (χ4v) is 3.07. The number of benzene rings is 2. The van der Waals surface area contributed by atoms with Crippen LogP contribution in [0.3, 0.4) is 0 Å². The highest BCUT2D eigenvalue weighted by Gasteiger charge is 2.20. The maximum absolute atomic E-state index is 13.1. The number of fused-ring (bicyclic) bond motifs is 1. The molecule has 0 N–H and O–H groups in total. The van der Waals surface area contributed by atoms with E-state index in [4.69, 9.17) is 5.26 Å². The zero-order valence-corrected chi connectivity index (χ0v) is 16.2. The van der Waals surface area contributed by atoms with Crippen molar-refractivity contribution in [2.24, 2.45) is 5.92 Å². The van der Waals surface area contributed by atoms with Gasteiger partial charge in [-0.15, -0.1) is 0 Å². The van der Waals surface area contributed by atoms with E-state index in [2.05, 4.69) is 11.2 Å². The van der Waals surface area contributed by atoms with E-state index in [1.165, 1.54) is 4.68 Å². The molecule has 28 heavy (non-hydrogen) atoms. The van der Waals surface area contributed by atoms with Crippen LogP contribution < -0.4 is 5.56 Å². The smallest absolute Gasteiger partial charge is 0.274 e. The molecule has 3 rings (SSSR count). The Morgan fingerprint density at radius 1 is 1.14 bits per heavy atom. The van der Waals surface area contributed by atoms with Crippen molar-refractivity contribution in [1.82, 2.24) is 14.7 Å². The van der Waals surface area contributed by atoms with Crippen LogP contribution in [-0.4, -0.2) is 27.6 Å². The molecule has 6 heteroatoms. The predicted molar refractivity (Wildman–Crippen MR) is 108 cm³/mol. The van der Waals surface area contributed by atoms with Crippen molar-refractivity contribution in [1.29, 1.82) is 5.26 Å². The summed E-state index contributed by atoms with van der Waals surface area (Å²) in [6, 6.07) is 16.3. The summed E-state index contributed by atoms with van der Waals surface area (Å²) < 4.78 is 1.38. The predicted octanol–water partition coefficient (Wildman–Crippen LogP) is 3.20. The molecule has 0 radical (unpaired) electrons. The largest absolute Gasteiger partial charge is 0.336 e. The van der Waals surface area contributed by atoms with E-state index in [0.29, 0.717) is 29.4 Å². The molecular formula is C22H22N4O2. The summed E-state index contributed by atoms with van der Waals surface area (Å²) in [6.45, 7) is 4.83. The number of nitriles is 1. The lowest BCUT2D eigenvalue weighted by Crippen LogP contribution is -2.32. The summed E-state index contributed by atoms with van der Waals surface area (Å²) in [5.41, 5.74) is 1.57. The van der Waals surface area contributed by atoms with Crippen LogP contribution in [-0.2, 0) is 13.1 Å². The zero-order valence-electron chi connectivity index (χ0n) is 16.2. The molecule has 0 atom stereocenters. The van der Waals surface area contributed by atoms with Crippen molar-refractivity contribution in [3.63, 3.8) is 0 Å². The Labute approximate surface area is 163 Å². The van der Waals surface area contributed by atoms with Crippen LogP contribution in [0.2, 0.25) is 0 Å². The monoisotopic (exact) mass is 374 g/mol. The molecule has 0 saturated carbocycles. The van der Waals surface area contributed by atoms with Crippen LogP contribution in [0, 0.1) is 17.2 Å². The Hall–Kier alpha value is -3.46. The Bertz CT molecular complexity index is 1110. The first-order valence-electron chi connectivity index (χ1n) is 9.15. The molecule has 1 aromatic heterocycles. The third-order valence-corrected chi connectivity index (χ3v) is 4.46. The number of nitrogens with zero attached hydrogens (tertiary/aromatic N) is 4. The van der Waals surface area contributed by atoms with Crippen molar-refractivity contribution in [3.05, 3.63) is 75.7 Å². The maximum atomic E-state index is 13.1. The quantitative estimate of drug-likeness (QED) is 0.687. The third-order valence-electron chi connectivity index (χ3n) is 4.46. The van der Waals surface area contributed by atoms with Crippen molar-refractivity contribution >= 4 is 16.7 Å². The standard InChI is InChI=1S/C22H22N4O2/c1-15(2)13-26-21(27)19-7-5-4-6-18(19)20(24-26)22(28)25(3)14-17-10-8-16(12-23)9-11-17/h4-11,15H,13-14H2,1-3H3. The van der Waals surface area contributed by atoms with E-state index in [0.717, 1.165) is 5.56 Å². The second-order valence-corrected chi connectivity index (χ2v) is 7.25. The van der Waals surface area contributed by atoms with Gasteiger partial charge in [0.15, 0.2) is 5.69 Å². The summed E-state index contributed by atoms with van der Waals surface area (Å²) >= 11 is 0. The molecule has 142 valence electrons. The lowest BCUT2D eigenvalue weighted by atomic mass is 10.1. The van der Waals surface area contributed by atoms with Crippen LogP contribution in [0.15, 0.2) is 53.3 Å². The average molecular weight is 374 g/mol. The van der Waals surface area contributed by atoms with E-state index < -0.39 is 0 Å². The highest BCUT2D eigenvalue weighted by molar-refractivity contribution is 6.04. The molecule has 0 aliphatic rings. The minimum absolute atomic E-state index is 0.185. The van der Waals surface area contributed by atoms with Crippen LogP contribution in [0.5, 0.6) is 0 Å². The van der Waals surface area contributed by atoms with Crippen molar-refractivity contribution in [2.45, 2.75) is 26.9 Å². The molecule has 0 unspecified atom stereocenters. The second kappa shape index (κ2) is 8.05. The molecular weight excluding hydrogens is 352 g/mol. The summed E-state index contributed by atoms with van der Waals surface area (Å²) in [5.74, 6) is -0.0243. The van der Waals surface area contributed by atoms with Crippen molar-refractivity contribution in [3.8, 4) is 6.07 Å². The van der Waals surface area contributed by atoms with Gasteiger partial charge in [0.25, 0.3) is 11.5 Å². The van der Waals surface area contributed by atoms with E-state index >= 15 is 0 Å². The summed E-state index contributed by atoms with van der Waals surface area (Å²) in [6.07, 6.45) is 0. The van der Waals surface area contributed by atoms with E-state index in [9.17, 15) is 9.59 Å². The highest BCUT2D eigenvalue weighted by atomic mass is 16.2. The molecule has 1 amide bonds. The van der Waals surface area contributed by atoms with Crippen molar-refractivity contribution in [2.75, 3.05) is 7.05 Å². The normalized spacial score (nSPS) is 10.8. The Morgan fingerprint density at radius 3 is 2.39 bits per heavy atom. The minimum Gasteiger partial charge on any atom is -0.336 e. The fourth-order valence-electron chi connectivity index (χ4n) is 3.07. The molecule has 0 aliphatic carbocycles. The first kappa shape index (κ1) is 19.3. The number of rotatable bonds is 5. The first-order valence-corrected chi connectivity index (χ1v) is 9.15. The van der Waals surface area contributed by atoms with Gasteiger partial charge >= 0.3 is 0 Å². The van der Waals surface area contributed by atoms with Gasteiger partial charge in [-0.05, 0) is 29.7 Å². The van der Waals surface area contributed by atoms with Crippen LogP contribution >= 0.6 is 0 Å². The zero-order chi connectivity index (χ0) is 20.3. The number of hydrogen-bond donors (Lipinski definition) is 0. The van der Waals surface area contributed by atoms with Gasteiger partial charge in [0, 0.05) is 25.5 Å². The third kappa shape index (κ3) is 3.94. The van der Waals surface area contributed by atoms with Crippen LogP contribution in [0.4, 0.5) is 0 Å². The fraction of sp³-hybridized carbons (Fsp3) is 0.273. The Morgan fingerprint density at radius 2 is 1.79 bits per heavy atom. The number of carbonyl (C=O) groups excluding carboxylic acids is 1. The van der Waals surface area contributed by atoms with Gasteiger partial charge in [-0.25, -0.2) is 4.68 Å². The second-order valence-electron chi connectivity index (χ2n) is 7.25. The molecule has 3 aromatic rings. The minimum atomic E-state index is -0.252. The summed E-state index contributed by atoms with van der Waals surface area (Å²) in [5, 5.41) is 14.4. The van der Waals surface area contributed by atoms with E-state index in [1.54, 1.807) is 48.3 Å². The van der Waals surface area contributed by atoms with Gasteiger partial charge in [-0.3, -0.25) is 9.59 Å². The highest BCUT2D eigenvalue weighted by Crippen LogP contribution is 2.16. The number of aromatic nitrogens is 2. The molecule has 1 heterocycles. The average Bonchev–Trinajstić information content (AvgIpc) is 2.70. The molecule has 0 spiro atoms. The lowest BCUT2D eigenvalue weighted by Gasteiger charge is -2.19. The topological polar surface area (TPSA) is 79.0 Å². The maximum Gasteiger partial charge on any atom is 0.274 e. The Kier molecular flexibility index (Phi) is 5.55. The van der Waals surface area contributed by atoms with Gasteiger partial charge in [0.05, 0.1) is 17.0 Å². The van der Waals surface area contributed by atoms with Gasteiger partial charge in [0.2, 0.25) is 0 Å². The van der Waals surface area contributed by atoms with Gasteiger partial charge in [-0.1, -0.05) is 44.2 Å². The molecule has 0 saturated heterocycles. The molecule has 0 aliphatic heterocycles. The van der Waals surface area contributed by atoms with Gasteiger partial charge < -0.3 is 4.90 Å². The molecule has 0 fully saturated rings. The number of carbonyl (C=O) groups is 1. The summed E-state index contributed by atoms with van der Waals surface area (Å²) in [4.78, 5) is 27.4. The number of amides is 1. The van der Waals surface area contributed by atoms with Gasteiger partial charge in [0.1, 0.15) is 0 Å². The van der Waals surface area contributed by atoms with E-state index in [-0.39, 0.29) is 23.1 Å². The van der Waals surface area contributed by atoms with Crippen LogP contribution in [0.25, 0.3) is 10.8 Å². The summed E-state index contributed by atoms with van der Waals surface area (Å²) in [7, 11) is 1.70.